The van der Waals surface area contributed by atoms with Gasteiger partial charge in [-0.2, -0.15) is 0 Å². The summed E-state index contributed by atoms with van der Waals surface area (Å²) in [4.78, 5) is 0. The first-order chi connectivity index (χ1) is 13.3. The first-order valence-electron chi connectivity index (χ1n) is 9.21. The Kier molecular flexibility index (Phi) is 5.14. The predicted octanol–water partition coefficient (Wildman–Crippen LogP) is 5.19. The van der Waals surface area contributed by atoms with Crippen LogP contribution >= 0.6 is 7.57 Å². The molecule has 4 rings (SSSR count). The average Bonchev–Trinajstić information content (AvgIpc) is 2.75. The van der Waals surface area contributed by atoms with E-state index in [2.05, 4.69) is 18.2 Å². The molecule has 0 fully saturated rings. The zero-order chi connectivity index (χ0) is 18.5. The summed E-state index contributed by atoms with van der Waals surface area (Å²) in [5, 5.41) is 2.42. The molecule has 0 heterocycles. The van der Waals surface area contributed by atoms with E-state index >= 15 is 4.20 Å². The Hall–Kier alpha value is -2.76. The summed E-state index contributed by atoms with van der Waals surface area (Å²) in [5.41, 5.74) is 2.26. The molecule has 0 amide bonds. The average molecular weight is 372 g/mol. The Labute approximate surface area is 160 Å². The maximum atomic E-state index is 17.1. The van der Waals surface area contributed by atoms with Crippen molar-refractivity contribution >= 4 is 23.5 Å². The summed E-state index contributed by atoms with van der Waals surface area (Å²) in [6.07, 6.45) is 0.731. The minimum absolute atomic E-state index is 0.731. The normalized spacial score (nSPS) is 11.9. The third kappa shape index (κ3) is 3.56. The van der Waals surface area contributed by atoms with Crippen molar-refractivity contribution in [2.24, 2.45) is 0 Å². The van der Waals surface area contributed by atoms with Crippen molar-refractivity contribution in [2.75, 3.05) is 0 Å². The van der Waals surface area contributed by atoms with Crippen molar-refractivity contribution in [3.05, 3.63) is 126 Å². The van der Waals surface area contributed by atoms with Crippen molar-refractivity contribution < 1.29 is 4.20 Å². The van der Waals surface area contributed by atoms with Crippen molar-refractivity contribution in [3.8, 4) is 0 Å². The Morgan fingerprint density at radius 1 is 0.519 bits per heavy atom. The van der Waals surface area contributed by atoms with Gasteiger partial charge in [0.1, 0.15) is 0 Å². The van der Waals surface area contributed by atoms with Gasteiger partial charge in [-0.1, -0.05) is 0 Å². The van der Waals surface area contributed by atoms with E-state index in [-0.39, 0.29) is 0 Å². The van der Waals surface area contributed by atoms with Crippen LogP contribution in [0.5, 0.6) is 0 Å². The number of rotatable bonds is 5. The summed E-state index contributed by atoms with van der Waals surface area (Å²) in [6, 6.07) is 37.6. The van der Waals surface area contributed by atoms with Gasteiger partial charge in [-0.15, -0.1) is 0 Å². The standard InChI is InChI=1S/C25H22FP/c26-27(23-15-6-2-7-16-23,24-17-8-3-9-18-24)25-19-11-10-14-22(25)20-21-12-4-1-5-13-21/h1-19,27H,20H2. The van der Waals surface area contributed by atoms with Gasteiger partial charge < -0.3 is 0 Å². The third-order valence-electron chi connectivity index (χ3n) is 4.97. The van der Waals surface area contributed by atoms with Gasteiger partial charge >= 0.3 is 160 Å². The van der Waals surface area contributed by atoms with Crippen LogP contribution in [0.2, 0.25) is 0 Å². The Bertz CT molecular complexity index is 958. The van der Waals surface area contributed by atoms with Gasteiger partial charge in [0.25, 0.3) is 0 Å². The van der Waals surface area contributed by atoms with E-state index < -0.39 is 7.57 Å². The number of hydrogen-bond acceptors (Lipinski definition) is 0. The van der Waals surface area contributed by atoms with Crippen molar-refractivity contribution in [2.45, 2.75) is 6.42 Å². The summed E-state index contributed by atoms with van der Waals surface area (Å²) in [5.74, 6) is 0. The summed E-state index contributed by atoms with van der Waals surface area (Å²) >= 11 is 0. The molecule has 134 valence electrons. The van der Waals surface area contributed by atoms with E-state index in [9.17, 15) is 0 Å². The Morgan fingerprint density at radius 3 is 1.52 bits per heavy atom. The Balaban J connectivity index is 1.90. The van der Waals surface area contributed by atoms with E-state index in [0.717, 1.165) is 27.9 Å². The van der Waals surface area contributed by atoms with Gasteiger partial charge in [0, 0.05) is 0 Å². The number of hydrogen-bond donors (Lipinski definition) is 0. The predicted molar refractivity (Wildman–Crippen MR) is 117 cm³/mol. The van der Waals surface area contributed by atoms with Gasteiger partial charge in [-0.3, -0.25) is 0 Å². The first-order valence-corrected chi connectivity index (χ1v) is 11.1. The molecule has 0 aliphatic rings. The van der Waals surface area contributed by atoms with E-state index in [1.165, 1.54) is 5.56 Å². The topological polar surface area (TPSA) is 0 Å². The van der Waals surface area contributed by atoms with Crippen LogP contribution in [-0.4, -0.2) is 0 Å². The van der Waals surface area contributed by atoms with Crippen LogP contribution in [-0.2, 0) is 6.42 Å². The molecule has 0 spiro atoms. The fraction of sp³-hybridized carbons (Fsp3) is 0.0400. The molecule has 0 saturated heterocycles. The Morgan fingerprint density at radius 2 is 0.963 bits per heavy atom. The van der Waals surface area contributed by atoms with E-state index in [1.807, 2.05) is 97.1 Å². The second kappa shape index (κ2) is 7.86. The molecule has 0 aromatic heterocycles. The summed E-state index contributed by atoms with van der Waals surface area (Å²) < 4.78 is 17.1. The molecule has 0 atom stereocenters. The molecule has 0 nitrogen and oxygen atoms in total. The molecule has 27 heavy (non-hydrogen) atoms. The van der Waals surface area contributed by atoms with E-state index in [1.54, 1.807) is 0 Å². The van der Waals surface area contributed by atoms with Crippen LogP contribution in [0.15, 0.2) is 115 Å². The van der Waals surface area contributed by atoms with Crippen LogP contribution in [0, 0.1) is 0 Å². The number of benzene rings is 4. The number of halogens is 1. The third-order valence-corrected chi connectivity index (χ3v) is 8.46. The van der Waals surface area contributed by atoms with Gasteiger partial charge in [-0.05, 0) is 0 Å². The molecule has 0 unspecified atom stereocenters. The quantitative estimate of drug-likeness (QED) is 0.423. The zero-order valence-electron chi connectivity index (χ0n) is 15.1. The van der Waals surface area contributed by atoms with Gasteiger partial charge in [-0.25, -0.2) is 0 Å². The maximum absolute atomic E-state index is 17.1. The van der Waals surface area contributed by atoms with Gasteiger partial charge in [0.15, 0.2) is 0 Å². The monoisotopic (exact) mass is 372 g/mol. The molecule has 0 aliphatic carbocycles. The van der Waals surface area contributed by atoms with Gasteiger partial charge in [0.2, 0.25) is 0 Å². The van der Waals surface area contributed by atoms with Crippen LogP contribution in [0.3, 0.4) is 0 Å². The molecule has 4 aromatic rings. The van der Waals surface area contributed by atoms with Gasteiger partial charge in [0.05, 0.1) is 0 Å². The first kappa shape index (κ1) is 17.6. The fourth-order valence-electron chi connectivity index (χ4n) is 3.64. The molecule has 0 bridgehead atoms. The SMILES string of the molecule is F[PH](c1ccccc1)(c1ccccc1)c1ccccc1Cc1ccccc1. The van der Waals surface area contributed by atoms with Crippen molar-refractivity contribution in [3.63, 3.8) is 0 Å². The molecule has 2 heteroatoms. The zero-order valence-corrected chi connectivity index (χ0v) is 16.1. The van der Waals surface area contributed by atoms with E-state index in [4.69, 9.17) is 0 Å². The van der Waals surface area contributed by atoms with Crippen LogP contribution in [0.4, 0.5) is 4.20 Å². The van der Waals surface area contributed by atoms with Crippen molar-refractivity contribution in [1.82, 2.24) is 0 Å². The molecule has 0 saturated carbocycles. The molecular formula is C25H22FP. The van der Waals surface area contributed by atoms with E-state index in [0.29, 0.717) is 0 Å². The van der Waals surface area contributed by atoms with Crippen LogP contribution in [0.25, 0.3) is 0 Å². The molecule has 4 aromatic carbocycles. The van der Waals surface area contributed by atoms with Crippen LogP contribution < -0.4 is 15.9 Å². The molecule has 0 aliphatic heterocycles. The molecule has 0 N–H and O–H groups in total. The fourth-order valence-corrected chi connectivity index (χ4v) is 6.84. The molecular weight excluding hydrogens is 350 g/mol. The second-order valence-electron chi connectivity index (χ2n) is 6.71. The second-order valence-corrected chi connectivity index (χ2v) is 9.72. The van der Waals surface area contributed by atoms with Crippen LogP contribution in [0.1, 0.15) is 11.1 Å². The minimum atomic E-state index is -3.58. The summed E-state index contributed by atoms with van der Waals surface area (Å²) in [6.45, 7) is 0. The molecule has 0 radical (unpaired) electrons. The summed E-state index contributed by atoms with van der Waals surface area (Å²) in [7, 11) is -3.58. The van der Waals surface area contributed by atoms with Crippen molar-refractivity contribution in [1.29, 1.82) is 0 Å².